The van der Waals surface area contributed by atoms with Crippen molar-refractivity contribution in [3.05, 3.63) is 220 Å². The standard InChI is InChI=1S/C63H52N4O.Pt/c1-42-36-60(64-40-55(42)44-30-32-47(33-31-44)63(2,3)4)67-56-27-14-13-26-52(56)53-35-34-50(39-59(53)67)68-49-24-17-23-48(38-49)65-41-66(58-29-16-15-28-57(58)65)62-54(43-18-7-5-8-19-43)37-46-22-11-12-25-51(46)61(62)45-20-9-6-10-21-45;/h5-10,13-21,23-24,26-40H,11-12,22,25H2,1-4H3;. The van der Waals surface area contributed by atoms with Crippen LogP contribution in [0.5, 0.6) is 11.5 Å². The average Bonchev–Trinajstić information content (AvgIpc) is 3.86. The molecule has 11 aromatic rings. The molecular formula is C63H52N4OPt. The molecular weight excluding hydrogens is 1020 g/mol. The molecule has 12 rings (SSSR count). The summed E-state index contributed by atoms with van der Waals surface area (Å²) in [6.07, 6.45) is 6.60. The van der Waals surface area contributed by atoms with Gasteiger partial charge in [-0.25, -0.2) is 0 Å². The molecule has 1 aliphatic rings. The van der Waals surface area contributed by atoms with Gasteiger partial charge in [-0.3, -0.25) is 0 Å². The molecule has 5 nitrogen and oxygen atoms in total. The Morgan fingerprint density at radius 2 is 1.16 bits per heavy atom. The molecule has 1 aliphatic carbocycles. The zero-order chi connectivity index (χ0) is 46.8. The van der Waals surface area contributed by atoms with Gasteiger partial charge in [-0.15, -0.1) is 0 Å². The first-order valence-corrected chi connectivity index (χ1v) is 25.2. The van der Waals surface area contributed by atoms with Crippen molar-refractivity contribution in [3.63, 3.8) is 0 Å². The van der Waals surface area contributed by atoms with Crippen molar-refractivity contribution >= 4 is 32.8 Å². The predicted molar refractivity (Wildman–Crippen MR) is 281 cm³/mol. The number of benzene rings is 8. The molecule has 340 valence electrons. The van der Waals surface area contributed by atoms with Gasteiger partial charge in [-0.05, 0) is 29.0 Å². The van der Waals surface area contributed by atoms with Crippen LogP contribution in [0.4, 0.5) is 0 Å². The van der Waals surface area contributed by atoms with Gasteiger partial charge < -0.3 is 0 Å². The molecule has 0 bridgehead atoms. The van der Waals surface area contributed by atoms with Gasteiger partial charge in [0.25, 0.3) is 0 Å². The van der Waals surface area contributed by atoms with Crippen LogP contribution in [0.15, 0.2) is 194 Å². The van der Waals surface area contributed by atoms with Gasteiger partial charge in [0, 0.05) is 11.8 Å². The molecule has 0 saturated heterocycles. The Morgan fingerprint density at radius 3 is 1.90 bits per heavy atom. The van der Waals surface area contributed by atoms with Gasteiger partial charge >= 0.3 is 319 Å². The van der Waals surface area contributed by atoms with E-state index in [0.29, 0.717) is 0 Å². The van der Waals surface area contributed by atoms with Crippen LogP contribution >= 0.6 is 0 Å². The first kappa shape index (κ1) is 43.0. The Bertz CT molecular complexity index is 3820. The first-order chi connectivity index (χ1) is 33.7. The molecule has 6 heteroatoms. The number of ether oxygens (including phenoxy) is 1. The Hall–Kier alpha value is -7.33. The summed E-state index contributed by atoms with van der Waals surface area (Å²) in [4.78, 5) is 5.13. The fraction of sp³-hybridized carbons (Fsp3) is 0.143. The van der Waals surface area contributed by atoms with Crippen LogP contribution in [0, 0.1) is 10.7 Å². The van der Waals surface area contributed by atoms with Crippen LogP contribution < -0.4 is 4.74 Å². The van der Waals surface area contributed by atoms with Crippen molar-refractivity contribution in [1.82, 2.24) is 18.7 Å². The smallest absolute Gasteiger partial charge is 0.0579 e. The Labute approximate surface area is 414 Å². The maximum atomic E-state index is 6.87. The molecule has 0 saturated carbocycles. The van der Waals surface area contributed by atoms with E-state index in [4.69, 9.17) is 9.72 Å². The minimum absolute atomic E-state index is 0.0979. The van der Waals surface area contributed by atoms with Crippen LogP contribution in [-0.2, 0) is 37.6 Å². The number of para-hydroxylation sites is 3. The van der Waals surface area contributed by atoms with Gasteiger partial charge in [0.2, 0.25) is 0 Å². The summed E-state index contributed by atoms with van der Waals surface area (Å²) in [5.41, 5.74) is 19.5. The number of fused-ring (bicyclic) bond motifs is 5. The summed E-state index contributed by atoms with van der Waals surface area (Å²) in [6, 6.07) is 67.9. The number of rotatable bonds is 8. The molecule has 8 aromatic carbocycles. The quantitative estimate of drug-likeness (QED) is 0.152. The van der Waals surface area contributed by atoms with Crippen molar-refractivity contribution in [1.29, 1.82) is 0 Å². The Balaban J connectivity index is 0.964. The third-order valence-corrected chi connectivity index (χ3v) is 15.1. The monoisotopic (exact) mass is 1080 g/mol. The van der Waals surface area contributed by atoms with Crippen molar-refractivity contribution in [2.75, 3.05) is 0 Å². The van der Waals surface area contributed by atoms with E-state index in [0.717, 1.165) is 72.7 Å². The zero-order valence-corrected chi connectivity index (χ0v) is 41.6. The predicted octanol–water partition coefficient (Wildman–Crippen LogP) is 16.3. The van der Waals surface area contributed by atoms with Crippen molar-refractivity contribution in [3.8, 4) is 62.1 Å². The molecule has 0 spiro atoms. The number of hydrogen-bond acceptors (Lipinski definition) is 2. The van der Waals surface area contributed by atoms with E-state index >= 15 is 0 Å². The van der Waals surface area contributed by atoms with Crippen molar-refractivity contribution in [2.45, 2.75) is 58.8 Å². The van der Waals surface area contributed by atoms with E-state index in [2.05, 4.69) is 249 Å². The molecule has 0 unspecified atom stereocenters. The third kappa shape index (κ3) is 7.61. The zero-order valence-electron chi connectivity index (χ0n) is 39.3. The van der Waals surface area contributed by atoms with Gasteiger partial charge in [0.05, 0.1) is 0 Å². The van der Waals surface area contributed by atoms with Crippen LogP contribution in [0.2, 0.25) is 0 Å². The number of pyridine rings is 1. The van der Waals surface area contributed by atoms with Crippen LogP contribution in [0.3, 0.4) is 0 Å². The normalized spacial score (nSPS) is 12.8. The molecule has 0 amide bonds. The molecule has 3 aromatic heterocycles. The third-order valence-electron chi connectivity index (χ3n) is 14.0. The van der Waals surface area contributed by atoms with E-state index in [1.54, 1.807) is 0 Å². The summed E-state index contributed by atoms with van der Waals surface area (Å²) < 4.78 is 15.1. The van der Waals surface area contributed by atoms with Gasteiger partial charge in [0.1, 0.15) is 0 Å². The summed E-state index contributed by atoms with van der Waals surface area (Å²) in [5, 5.41) is 2.33. The van der Waals surface area contributed by atoms with Gasteiger partial charge in [-0.1, -0.05) is 57.2 Å². The van der Waals surface area contributed by atoms with E-state index in [9.17, 15) is 0 Å². The van der Waals surface area contributed by atoms with E-state index in [1.807, 2.05) is 6.20 Å². The number of aryl methyl sites for hydroxylation is 2. The number of imidazole rings is 1. The molecule has 0 N–H and O–H groups in total. The second-order valence-corrected chi connectivity index (χ2v) is 20.5. The fourth-order valence-corrected chi connectivity index (χ4v) is 11.7. The SMILES string of the molecule is Cc1cc(-n2c3ccccc3c3ccc(Oc4cccc(-n5[c](=[Pt])n(-c6c(-c7ccccc7)cc7c(c6-c6ccccc6)CCCC7)c6ccccc65)c4)cc32)ncc1-c1ccc(C(C)(C)C)cc1. The minimum Gasteiger partial charge on any atom is -0.0579 e. The molecule has 0 fully saturated rings. The number of hydrogen-bond donors (Lipinski definition) is 0. The van der Waals surface area contributed by atoms with Crippen LogP contribution in [0.1, 0.15) is 55.9 Å². The molecule has 69 heavy (non-hydrogen) atoms. The Morgan fingerprint density at radius 1 is 0.522 bits per heavy atom. The van der Waals surface area contributed by atoms with Crippen LogP contribution in [-0.4, -0.2) is 18.7 Å². The van der Waals surface area contributed by atoms with Crippen molar-refractivity contribution in [2.24, 2.45) is 0 Å². The van der Waals surface area contributed by atoms with E-state index < -0.39 is 0 Å². The van der Waals surface area contributed by atoms with E-state index in [1.165, 1.54) is 74.0 Å². The molecule has 0 radical (unpaired) electrons. The second-order valence-electron chi connectivity index (χ2n) is 19.4. The Kier molecular flexibility index (Phi) is 10.8. The second kappa shape index (κ2) is 17.3. The van der Waals surface area contributed by atoms with Gasteiger partial charge in [0.15, 0.2) is 0 Å². The first-order valence-electron chi connectivity index (χ1n) is 24.1. The number of aromatic nitrogens is 4. The van der Waals surface area contributed by atoms with E-state index in [-0.39, 0.29) is 5.41 Å². The topological polar surface area (TPSA) is 36.9 Å². The molecule has 0 aliphatic heterocycles. The minimum atomic E-state index is 0.0979. The van der Waals surface area contributed by atoms with Crippen molar-refractivity contribution < 1.29 is 24.1 Å². The summed E-state index contributed by atoms with van der Waals surface area (Å²) in [6.45, 7) is 8.94. The fourth-order valence-electron chi connectivity index (χ4n) is 10.6. The van der Waals surface area contributed by atoms with Gasteiger partial charge in [-0.2, -0.15) is 0 Å². The molecule has 0 atom stereocenters. The van der Waals surface area contributed by atoms with Crippen LogP contribution in [0.25, 0.3) is 83.4 Å². The summed E-state index contributed by atoms with van der Waals surface area (Å²) in [5.74, 6) is 2.39. The summed E-state index contributed by atoms with van der Waals surface area (Å²) >= 11 is 2.55. The average molecular weight is 1080 g/mol. The molecule has 3 heterocycles. The maximum absolute atomic E-state index is 6.87. The summed E-state index contributed by atoms with van der Waals surface area (Å²) in [7, 11) is 0. The number of nitrogens with zero attached hydrogens (tertiary/aromatic N) is 4.